The zero-order valence-electron chi connectivity index (χ0n) is 9.61. The van der Waals surface area contributed by atoms with E-state index in [1.54, 1.807) is 16.9 Å². The normalized spacial score (nSPS) is 12.7. The summed E-state index contributed by atoms with van der Waals surface area (Å²) >= 11 is 3.44. The van der Waals surface area contributed by atoms with E-state index in [1.165, 1.54) is 12.1 Å². The number of nitrogens with one attached hydrogen (secondary N) is 1. The molecule has 1 atom stereocenters. The average Bonchev–Trinajstić information content (AvgIpc) is 2.71. The van der Waals surface area contributed by atoms with Gasteiger partial charge in [0.25, 0.3) is 0 Å². The SMILES string of the molecule is CNC(c1cnn(C)c1)c1cc(F)ccc1Br. The van der Waals surface area contributed by atoms with Crippen LogP contribution >= 0.6 is 15.9 Å². The van der Waals surface area contributed by atoms with Gasteiger partial charge in [0.05, 0.1) is 12.2 Å². The van der Waals surface area contributed by atoms with Crippen LogP contribution in [0.25, 0.3) is 0 Å². The zero-order chi connectivity index (χ0) is 12.4. The summed E-state index contributed by atoms with van der Waals surface area (Å²) in [5, 5.41) is 7.30. The second-order valence-corrected chi connectivity index (χ2v) is 4.69. The molecular formula is C12H13BrFN3. The summed E-state index contributed by atoms with van der Waals surface area (Å²) < 4.78 is 15.9. The maximum atomic E-state index is 13.3. The van der Waals surface area contributed by atoms with Crippen LogP contribution in [0.2, 0.25) is 0 Å². The quantitative estimate of drug-likeness (QED) is 0.944. The number of hydrogen-bond acceptors (Lipinski definition) is 2. The summed E-state index contributed by atoms with van der Waals surface area (Å²) in [6, 6.07) is 4.60. The van der Waals surface area contributed by atoms with Crippen molar-refractivity contribution in [1.82, 2.24) is 15.1 Å². The molecule has 1 heterocycles. The fourth-order valence-electron chi connectivity index (χ4n) is 1.83. The molecule has 2 rings (SSSR count). The molecule has 17 heavy (non-hydrogen) atoms. The van der Waals surface area contributed by atoms with E-state index in [1.807, 2.05) is 20.3 Å². The minimum atomic E-state index is -0.243. The van der Waals surface area contributed by atoms with Crippen molar-refractivity contribution in [2.75, 3.05) is 7.05 Å². The monoisotopic (exact) mass is 297 g/mol. The van der Waals surface area contributed by atoms with Crippen molar-refractivity contribution >= 4 is 15.9 Å². The van der Waals surface area contributed by atoms with Gasteiger partial charge >= 0.3 is 0 Å². The Balaban J connectivity index is 2.45. The lowest BCUT2D eigenvalue weighted by molar-refractivity contribution is 0.615. The first-order chi connectivity index (χ1) is 8.11. The summed E-state index contributed by atoms with van der Waals surface area (Å²) in [7, 11) is 3.70. The maximum Gasteiger partial charge on any atom is 0.123 e. The molecule has 0 saturated carbocycles. The highest BCUT2D eigenvalue weighted by molar-refractivity contribution is 9.10. The fraction of sp³-hybridized carbons (Fsp3) is 0.250. The lowest BCUT2D eigenvalue weighted by Crippen LogP contribution is -2.17. The summed E-state index contributed by atoms with van der Waals surface area (Å²) in [5.41, 5.74) is 1.86. The molecule has 90 valence electrons. The van der Waals surface area contributed by atoms with Gasteiger partial charge < -0.3 is 5.32 Å². The Bertz CT molecular complexity index is 524. The summed E-state index contributed by atoms with van der Waals surface area (Å²) in [6.45, 7) is 0. The molecule has 3 nitrogen and oxygen atoms in total. The van der Waals surface area contributed by atoms with Crippen LogP contribution in [-0.4, -0.2) is 16.8 Å². The predicted molar refractivity (Wildman–Crippen MR) is 68.2 cm³/mol. The number of halogens is 2. The van der Waals surface area contributed by atoms with E-state index in [2.05, 4.69) is 26.3 Å². The van der Waals surface area contributed by atoms with Crippen LogP contribution in [-0.2, 0) is 7.05 Å². The first kappa shape index (κ1) is 12.3. The highest BCUT2D eigenvalue weighted by Crippen LogP contribution is 2.28. The molecule has 0 amide bonds. The molecule has 0 fully saturated rings. The van der Waals surface area contributed by atoms with Crippen molar-refractivity contribution in [3.8, 4) is 0 Å². The third-order valence-corrected chi connectivity index (χ3v) is 3.34. The number of aromatic nitrogens is 2. The van der Waals surface area contributed by atoms with Gasteiger partial charge in [0, 0.05) is 23.3 Å². The van der Waals surface area contributed by atoms with Crippen LogP contribution in [0.4, 0.5) is 4.39 Å². The highest BCUT2D eigenvalue weighted by Gasteiger charge is 2.17. The number of rotatable bonds is 3. The molecular weight excluding hydrogens is 285 g/mol. The summed E-state index contributed by atoms with van der Waals surface area (Å²) in [5.74, 6) is -0.243. The fourth-order valence-corrected chi connectivity index (χ4v) is 2.30. The Morgan fingerprint density at radius 1 is 1.47 bits per heavy atom. The molecule has 0 aliphatic rings. The third kappa shape index (κ3) is 2.56. The Labute approximate surface area is 108 Å². The Hall–Kier alpha value is -1.20. The molecule has 5 heteroatoms. The zero-order valence-corrected chi connectivity index (χ0v) is 11.2. The lowest BCUT2D eigenvalue weighted by atomic mass is 10.0. The maximum absolute atomic E-state index is 13.3. The Morgan fingerprint density at radius 3 is 2.82 bits per heavy atom. The summed E-state index contributed by atoms with van der Waals surface area (Å²) in [4.78, 5) is 0. The van der Waals surface area contributed by atoms with Crippen molar-refractivity contribution in [1.29, 1.82) is 0 Å². The van der Waals surface area contributed by atoms with Crippen LogP contribution in [0, 0.1) is 5.82 Å². The van der Waals surface area contributed by atoms with E-state index >= 15 is 0 Å². The van der Waals surface area contributed by atoms with E-state index in [0.717, 1.165) is 15.6 Å². The second-order valence-electron chi connectivity index (χ2n) is 3.83. The average molecular weight is 298 g/mol. The van der Waals surface area contributed by atoms with E-state index in [0.29, 0.717) is 0 Å². The van der Waals surface area contributed by atoms with E-state index in [-0.39, 0.29) is 11.9 Å². The van der Waals surface area contributed by atoms with E-state index in [4.69, 9.17) is 0 Å². The van der Waals surface area contributed by atoms with Crippen LogP contribution in [0.1, 0.15) is 17.2 Å². The van der Waals surface area contributed by atoms with Gasteiger partial charge in [0.15, 0.2) is 0 Å². The smallest absolute Gasteiger partial charge is 0.123 e. The van der Waals surface area contributed by atoms with Crippen molar-refractivity contribution in [3.63, 3.8) is 0 Å². The lowest BCUT2D eigenvalue weighted by Gasteiger charge is -2.16. The molecule has 1 N–H and O–H groups in total. The number of nitrogens with zero attached hydrogens (tertiary/aromatic N) is 2. The predicted octanol–water partition coefficient (Wildman–Crippen LogP) is 2.63. The van der Waals surface area contributed by atoms with Gasteiger partial charge in [-0.1, -0.05) is 15.9 Å². The van der Waals surface area contributed by atoms with Gasteiger partial charge in [-0.05, 0) is 30.8 Å². The molecule has 0 aliphatic carbocycles. The van der Waals surface area contributed by atoms with E-state index in [9.17, 15) is 4.39 Å². The van der Waals surface area contributed by atoms with Gasteiger partial charge in [0.2, 0.25) is 0 Å². The van der Waals surface area contributed by atoms with Crippen molar-refractivity contribution < 1.29 is 4.39 Å². The van der Waals surface area contributed by atoms with Crippen LogP contribution in [0.3, 0.4) is 0 Å². The van der Waals surface area contributed by atoms with Gasteiger partial charge in [-0.15, -0.1) is 0 Å². The molecule has 0 saturated heterocycles. The van der Waals surface area contributed by atoms with Gasteiger partial charge in [-0.2, -0.15) is 5.10 Å². The minimum Gasteiger partial charge on any atom is -0.309 e. The highest BCUT2D eigenvalue weighted by atomic mass is 79.9. The Kier molecular flexibility index (Phi) is 3.59. The topological polar surface area (TPSA) is 29.9 Å². The largest absolute Gasteiger partial charge is 0.309 e. The molecule has 0 bridgehead atoms. The molecule has 0 radical (unpaired) electrons. The van der Waals surface area contributed by atoms with Crippen molar-refractivity contribution in [2.45, 2.75) is 6.04 Å². The summed E-state index contributed by atoms with van der Waals surface area (Å²) in [6.07, 6.45) is 3.69. The third-order valence-electron chi connectivity index (χ3n) is 2.62. The van der Waals surface area contributed by atoms with Crippen LogP contribution in [0.15, 0.2) is 35.1 Å². The van der Waals surface area contributed by atoms with Crippen molar-refractivity contribution in [3.05, 3.63) is 52.0 Å². The molecule has 1 aromatic carbocycles. The molecule has 1 aromatic heterocycles. The molecule has 1 unspecified atom stereocenters. The molecule has 2 aromatic rings. The number of benzene rings is 1. The van der Waals surface area contributed by atoms with Crippen LogP contribution < -0.4 is 5.32 Å². The second kappa shape index (κ2) is 4.98. The van der Waals surface area contributed by atoms with Gasteiger partial charge in [0.1, 0.15) is 5.82 Å². The van der Waals surface area contributed by atoms with Gasteiger partial charge in [-0.3, -0.25) is 4.68 Å². The molecule has 0 spiro atoms. The Morgan fingerprint density at radius 2 is 2.24 bits per heavy atom. The van der Waals surface area contributed by atoms with Crippen LogP contribution in [0.5, 0.6) is 0 Å². The van der Waals surface area contributed by atoms with Crippen molar-refractivity contribution in [2.24, 2.45) is 7.05 Å². The van der Waals surface area contributed by atoms with Gasteiger partial charge in [-0.25, -0.2) is 4.39 Å². The number of aryl methyl sites for hydroxylation is 1. The standard InChI is InChI=1S/C12H13BrFN3/c1-15-12(8-6-16-17(2)7-8)10-5-9(14)3-4-11(10)13/h3-7,12,15H,1-2H3. The first-order valence-corrected chi connectivity index (χ1v) is 6.02. The van der Waals surface area contributed by atoms with E-state index < -0.39 is 0 Å². The minimum absolute atomic E-state index is 0.0752. The molecule has 0 aliphatic heterocycles. The number of hydrogen-bond donors (Lipinski definition) is 1. The first-order valence-electron chi connectivity index (χ1n) is 5.22.